The van der Waals surface area contributed by atoms with Crippen molar-refractivity contribution in [2.45, 2.75) is 33.9 Å². The fourth-order valence-electron chi connectivity index (χ4n) is 4.29. The van der Waals surface area contributed by atoms with E-state index in [9.17, 15) is 4.79 Å². The van der Waals surface area contributed by atoms with E-state index in [1.54, 1.807) is 0 Å². The Balaban J connectivity index is 1.65. The highest BCUT2D eigenvalue weighted by atomic mass is 16.5. The molecule has 0 saturated carbocycles. The summed E-state index contributed by atoms with van der Waals surface area (Å²) in [5.41, 5.74) is 2.96. The number of hydrogen-bond donors (Lipinski definition) is 0. The third kappa shape index (κ3) is 4.77. The quantitative estimate of drug-likeness (QED) is 0.559. The second kappa shape index (κ2) is 9.56. The van der Waals surface area contributed by atoms with E-state index >= 15 is 0 Å². The van der Waals surface area contributed by atoms with Crippen LogP contribution in [-0.2, 0) is 13.2 Å². The zero-order valence-corrected chi connectivity index (χ0v) is 18.9. The van der Waals surface area contributed by atoms with Crippen molar-refractivity contribution < 1.29 is 9.53 Å². The lowest BCUT2D eigenvalue weighted by molar-refractivity contribution is 0.0632. The van der Waals surface area contributed by atoms with Gasteiger partial charge < -0.3 is 19.1 Å². The lowest BCUT2D eigenvalue weighted by Gasteiger charge is -2.34. The molecule has 0 unspecified atom stereocenters. The molecule has 2 heterocycles. The lowest BCUT2D eigenvalue weighted by Crippen LogP contribution is -2.48. The molecule has 1 aliphatic rings. The number of piperazine rings is 1. The number of ether oxygens (including phenoxy) is 1. The Morgan fingerprint density at radius 1 is 1.00 bits per heavy atom. The van der Waals surface area contributed by atoms with Gasteiger partial charge in [0, 0.05) is 38.1 Å². The number of fused-ring (bicyclic) bond motifs is 1. The molecule has 164 valence electrons. The first-order valence-corrected chi connectivity index (χ1v) is 11.4. The Hall–Kier alpha value is -2.79. The fraction of sp³-hybridized carbons (Fsp3) is 0.423. The second-order valence-electron chi connectivity index (χ2n) is 8.72. The molecule has 1 aliphatic heterocycles. The minimum Gasteiger partial charge on any atom is -0.488 e. The van der Waals surface area contributed by atoms with Crippen LogP contribution < -0.4 is 4.74 Å². The van der Waals surface area contributed by atoms with Crippen LogP contribution in [0.15, 0.2) is 54.6 Å². The normalized spacial score (nSPS) is 15.0. The average Bonchev–Trinajstić information content (AvgIpc) is 3.16. The summed E-state index contributed by atoms with van der Waals surface area (Å²) in [6, 6.07) is 18.3. The van der Waals surface area contributed by atoms with Gasteiger partial charge in [-0.1, -0.05) is 57.2 Å². The van der Waals surface area contributed by atoms with Crippen LogP contribution in [0.2, 0.25) is 0 Å². The molecule has 2 aromatic carbocycles. The van der Waals surface area contributed by atoms with Gasteiger partial charge in [0.25, 0.3) is 5.91 Å². The molecule has 0 aliphatic carbocycles. The molecule has 1 saturated heterocycles. The Labute approximate surface area is 185 Å². The number of carbonyl (C=O) groups is 1. The minimum absolute atomic E-state index is 0.126. The SMILES string of the molecule is CCN1CCN(C(=O)c2cc3c(OCc4ccccc4)cccc3n2CC(C)C)CC1. The number of rotatable bonds is 7. The predicted molar refractivity (Wildman–Crippen MR) is 126 cm³/mol. The van der Waals surface area contributed by atoms with E-state index in [2.05, 4.69) is 48.4 Å². The molecule has 0 bridgehead atoms. The summed E-state index contributed by atoms with van der Waals surface area (Å²) in [6.45, 7) is 12.4. The van der Waals surface area contributed by atoms with Gasteiger partial charge in [0.2, 0.25) is 0 Å². The molecule has 0 atom stereocenters. The fourth-order valence-corrected chi connectivity index (χ4v) is 4.29. The second-order valence-corrected chi connectivity index (χ2v) is 8.72. The number of carbonyl (C=O) groups excluding carboxylic acids is 1. The summed E-state index contributed by atoms with van der Waals surface area (Å²) in [6.07, 6.45) is 0. The van der Waals surface area contributed by atoms with Crippen molar-refractivity contribution in [2.24, 2.45) is 5.92 Å². The molecule has 1 aromatic heterocycles. The monoisotopic (exact) mass is 419 g/mol. The van der Waals surface area contributed by atoms with Crippen molar-refractivity contribution in [3.05, 3.63) is 65.9 Å². The van der Waals surface area contributed by atoms with Crippen molar-refractivity contribution in [3.63, 3.8) is 0 Å². The van der Waals surface area contributed by atoms with Gasteiger partial charge in [-0.15, -0.1) is 0 Å². The molecule has 5 nitrogen and oxygen atoms in total. The third-order valence-electron chi connectivity index (χ3n) is 6.02. The maximum Gasteiger partial charge on any atom is 0.270 e. The van der Waals surface area contributed by atoms with E-state index in [0.717, 1.165) is 67.2 Å². The highest BCUT2D eigenvalue weighted by Crippen LogP contribution is 2.31. The summed E-state index contributed by atoms with van der Waals surface area (Å²) in [4.78, 5) is 17.9. The van der Waals surface area contributed by atoms with Gasteiger partial charge in [-0.05, 0) is 36.2 Å². The predicted octanol–water partition coefficient (Wildman–Crippen LogP) is 4.65. The van der Waals surface area contributed by atoms with E-state index < -0.39 is 0 Å². The number of hydrogen-bond acceptors (Lipinski definition) is 3. The van der Waals surface area contributed by atoms with E-state index in [0.29, 0.717) is 12.5 Å². The van der Waals surface area contributed by atoms with E-state index in [1.165, 1.54) is 0 Å². The number of amides is 1. The molecule has 4 rings (SSSR count). The molecule has 1 amide bonds. The summed E-state index contributed by atoms with van der Waals surface area (Å²) in [7, 11) is 0. The van der Waals surface area contributed by atoms with Crippen molar-refractivity contribution in [1.82, 2.24) is 14.4 Å². The molecule has 0 spiro atoms. The lowest BCUT2D eigenvalue weighted by atomic mass is 10.2. The van der Waals surface area contributed by atoms with Gasteiger partial charge >= 0.3 is 0 Å². The van der Waals surface area contributed by atoms with Crippen molar-refractivity contribution in [1.29, 1.82) is 0 Å². The number of nitrogens with zero attached hydrogens (tertiary/aromatic N) is 3. The van der Waals surface area contributed by atoms with Crippen molar-refractivity contribution in [3.8, 4) is 5.75 Å². The number of benzene rings is 2. The standard InChI is InChI=1S/C26H33N3O2/c1-4-27-13-15-28(16-14-27)26(30)24-17-22-23(29(24)18-20(2)3)11-8-12-25(22)31-19-21-9-6-5-7-10-21/h5-12,17,20H,4,13-16,18-19H2,1-3H3. The Kier molecular flexibility index (Phi) is 6.62. The first-order valence-electron chi connectivity index (χ1n) is 11.4. The van der Waals surface area contributed by atoms with Crippen LogP contribution in [0.3, 0.4) is 0 Å². The van der Waals surface area contributed by atoms with Crippen LogP contribution in [0, 0.1) is 5.92 Å². The molecular formula is C26H33N3O2. The van der Waals surface area contributed by atoms with Gasteiger partial charge in [0.05, 0.1) is 5.52 Å². The highest BCUT2D eigenvalue weighted by molar-refractivity contribution is 6.00. The zero-order chi connectivity index (χ0) is 21.8. The zero-order valence-electron chi connectivity index (χ0n) is 18.9. The number of likely N-dealkylation sites (N-methyl/N-ethyl adjacent to an activating group) is 1. The first-order chi connectivity index (χ1) is 15.1. The topological polar surface area (TPSA) is 37.7 Å². The largest absolute Gasteiger partial charge is 0.488 e. The summed E-state index contributed by atoms with van der Waals surface area (Å²) in [5.74, 6) is 1.39. The maximum atomic E-state index is 13.5. The molecule has 31 heavy (non-hydrogen) atoms. The van der Waals surface area contributed by atoms with Crippen LogP contribution >= 0.6 is 0 Å². The average molecular weight is 420 g/mol. The summed E-state index contributed by atoms with van der Waals surface area (Å²) >= 11 is 0. The molecule has 5 heteroatoms. The van der Waals surface area contributed by atoms with Crippen LogP contribution in [0.4, 0.5) is 0 Å². The minimum atomic E-state index is 0.126. The third-order valence-corrected chi connectivity index (χ3v) is 6.02. The van der Waals surface area contributed by atoms with Crippen molar-refractivity contribution in [2.75, 3.05) is 32.7 Å². The van der Waals surface area contributed by atoms with Gasteiger partial charge in [-0.3, -0.25) is 4.79 Å². The maximum absolute atomic E-state index is 13.5. The molecule has 0 radical (unpaired) electrons. The molecule has 3 aromatic rings. The number of aromatic nitrogens is 1. The highest BCUT2D eigenvalue weighted by Gasteiger charge is 2.26. The van der Waals surface area contributed by atoms with E-state index in [1.807, 2.05) is 41.3 Å². The molecular weight excluding hydrogens is 386 g/mol. The van der Waals surface area contributed by atoms with Crippen LogP contribution in [0.25, 0.3) is 10.9 Å². The van der Waals surface area contributed by atoms with Crippen LogP contribution in [0.1, 0.15) is 36.8 Å². The van der Waals surface area contributed by atoms with Crippen LogP contribution in [0.5, 0.6) is 5.75 Å². The van der Waals surface area contributed by atoms with E-state index in [-0.39, 0.29) is 5.91 Å². The van der Waals surface area contributed by atoms with Crippen LogP contribution in [-0.4, -0.2) is 53.0 Å². The Morgan fingerprint density at radius 3 is 2.42 bits per heavy atom. The Bertz CT molecular complexity index is 1020. The molecule has 1 fully saturated rings. The van der Waals surface area contributed by atoms with E-state index in [4.69, 9.17) is 4.74 Å². The molecule has 0 N–H and O–H groups in total. The van der Waals surface area contributed by atoms with Crippen molar-refractivity contribution >= 4 is 16.8 Å². The first kappa shape index (κ1) is 21.4. The smallest absolute Gasteiger partial charge is 0.270 e. The van der Waals surface area contributed by atoms with Gasteiger partial charge in [-0.2, -0.15) is 0 Å². The summed E-state index contributed by atoms with van der Waals surface area (Å²) < 4.78 is 8.37. The van der Waals surface area contributed by atoms with Gasteiger partial charge in [0.1, 0.15) is 18.1 Å². The Morgan fingerprint density at radius 2 is 1.74 bits per heavy atom. The van der Waals surface area contributed by atoms with Gasteiger partial charge in [-0.25, -0.2) is 0 Å². The summed E-state index contributed by atoms with van der Waals surface area (Å²) in [5, 5.41) is 1.01. The van der Waals surface area contributed by atoms with Gasteiger partial charge in [0.15, 0.2) is 0 Å².